The highest BCUT2D eigenvalue weighted by Crippen LogP contribution is 2.40. The predicted molar refractivity (Wildman–Crippen MR) is 153 cm³/mol. The highest BCUT2D eigenvalue weighted by Gasteiger charge is 2.48. The van der Waals surface area contributed by atoms with Gasteiger partial charge >= 0.3 is 0 Å². The summed E-state index contributed by atoms with van der Waals surface area (Å²) in [5.74, 6) is 0.354. The molecular weight excluding hydrogens is 516 g/mol. The molecule has 5 rings (SSSR count). The summed E-state index contributed by atoms with van der Waals surface area (Å²) < 4.78 is 0.999. The van der Waals surface area contributed by atoms with Crippen molar-refractivity contribution < 1.29 is 20.4 Å². The van der Waals surface area contributed by atoms with Crippen molar-refractivity contribution in [1.29, 1.82) is 0 Å². The fourth-order valence-corrected chi connectivity index (χ4v) is 7.07. The van der Waals surface area contributed by atoms with Crippen molar-refractivity contribution in [2.24, 2.45) is 5.92 Å². The summed E-state index contributed by atoms with van der Waals surface area (Å²) in [5.41, 5.74) is 1.10. The molecule has 39 heavy (non-hydrogen) atoms. The maximum Gasteiger partial charge on any atom is 0.225 e. The number of rotatable bonds is 7. The standard InChI is InChI=1S/C28H40N6O4S/c1-15-20(25-33-21-16(2)29-12-9-19(21)39-25)24(32-18-13-17(27(3,4)37)22(35)23(18)36)34-26(31-15)30-14-28(38)10-7-5-6-8-11-28/h9,12,17-18,22-23,35-38H,5-8,10-11,13-14H2,1-4H3,(H2,30,31,32,34)/t17-,18+,22+,23-/m0/s1. The first-order chi connectivity index (χ1) is 18.4. The van der Waals surface area contributed by atoms with Crippen LogP contribution < -0.4 is 10.6 Å². The molecule has 2 aliphatic rings. The van der Waals surface area contributed by atoms with E-state index in [1.54, 1.807) is 20.0 Å². The Hall–Kier alpha value is -2.44. The number of anilines is 2. The molecule has 11 heteroatoms. The highest BCUT2D eigenvalue weighted by atomic mass is 32.1. The maximum atomic E-state index is 11.2. The quantitative estimate of drug-likeness (QED) is 0.238. The van der Waals surface area contributed by atoms with Gasteiger partial charge in [-0.15, -0.1) is 11.3 Å². The van der Waals surface area contributed by atoms with Crippen LogP contribution in [0.4, 0.5) is 11.8 Å². The highest BCUT2D eigenvalue weighted by molar-refractivity contribution is 7.21. The lowest BCUT2D eigenvalue weighted by Gasteiger charge is -2.28. The molecule has 6 N–H and O–H groups in total. The fraction of sp³-hybridized carbons (Fsp3) is 0.643. The molecule has 2 saturated carbocycles. The molecule has 0 spiro atoms. The molecular formula is C28H40N6O4S. The third-order valence-corrected chi connectivity index (χ3v) is 9.35. The van der Waals surface area contributed by atoms with Crippen LogP contribution in [-0.2, 0) is 0 Å². The van der Waals surface area contributed by atoms with E-state index in [2.05, 4.69) is 15.6 Å². The third-order valence-electron chi connectivity index (χ3n) is 8.32. The van der Waals surface area contributed by atoms with Gasteiger partial charge in [-0.05, 0) is 53.0 Å². The first-order valence-electron chi connectivity index (χ1n) is 13.9. The molecule has 0 bridgehead atoms. The lowest BCUT2D eigenvalue weighted by molar-refractivity contribution is -0.0601. The molecule has 3 aromatic rings. The molecule has 0 radical (unpaired) electrons. The van der Waals surface area contributed by atoms with Crippen LogP contribution in [0.15, 0.2) is 12.3 Å². The van der Waals surface area contributed by atoms with Crippen LogP contribution in [0.1, 0.15) is 70.2 Å². The first kappa shape index (κ1) is 28.1. The van der Waals surface area contributed by atoms with E-state index in [1.165, 1.54) is 11.3 Å². The van der Waals surface area contributed by atoms with Gasteiger partial charge in [0.25, 0.3) is 0 Å². The topological polar surface area (TPSA) is 157 Å². The van der Waals surface area contributed by atoms with Crippen molar-refractivity contribution in [3.63, 3.8) is 0 Å². The van der Waals surface area contributed by atoms with Gasteiger partial charge in [-0.3, -0.25) is 4.98 Å². The molecule has 10 nitrogen and oxygen atoms in total. The Kier molecular flexibility index (Phi) is 7.82. The zero-order valence-corrected chi connectivity index (χ0v) is 23.9. The minimum Gasteiger partial charge on any atom is -0.390 e. The van der Waals surface area contributed by atoms with E-state index >= 15 is 0 Å². The van der Waals surface area contributed by atoms with Crippen molar-refractivity contribution in [1.82, 2.24) is 19.9 Å². The van der Waals surface area contributed by atoms with E-state index < -0.39 is 35.4 Å². The monoisotopic (exact) mass is 556 g/mol. The minimum atomic E-state index is -1.15. The van der Waals surface area contributed by atoms with E-state index in [1.807, 2.05) is 19.9 Å². The second-order valence-electron chi connectivity index (χ2n) is 11.8. The van der Waals surface area contributed by atoms with Crippen LogP contribution in [0, 0.1) is 19.8 Å². The Labute approximate surface area is 233 Å². The van der Waals surface area contributed by atoms with Gasteiger partial charge in [-0.25, -0.2) is 9.97 Å². The second kappa shape index (κ2) is 10.9. The summed E-state index contributed by atoms with van der Waals surface area (Å²) >= 11 is 1.52. The largest absolute Gasteiger partial charge is 0.390 e. The van der Waals surface area contributed by atoms with E-state index in [4.69, 9.17) is 15.0 Å². The number of nitrogens with zero attached hydrogens (tertiary/aromatic N) is 4. The molecule has 0 amide bonds. The van der Waals surface area contributed by atoms with Gasteiger partial charge in [-0.2, -0.15) is 4.98 Å². The first-order valence-corrected chi connectivity index (χ1v) is 14.7. The van der Waals surface area contributed by atoms with Crippen molar-refractivity contribution in [2.45, 2.75) is 102 Å². The number of aryl methyl sites for hydroxylation is 2. The number of pyridine rings is 1. The summed E-state index contributed by atoms with van der Waals surface area (Å²) in [6, 6.07) is 1.39. The molecule has 212 valence electrons. The Balaban J connectivity index is 1.50. The van der Waals surface area contributed by atoms with E-state index in [0.717, 1.165) is 59.4 Å². The molecule has 2 fully saturated rings. The SMILES string of the molecule is Cc1nc(NCC2(O)CCCCCC2)nc(N[C@@H]2C[C@H](C(C)(C)O)[C@@H](O)[C@H]2O)c1-c1nc2c(C)nccc2s1. The summed E-state index contributed by atoms with van der Waals surface area (Å²) in [6.45, 7) is 7.46. The minimum absolute atomic E-state index is 0.350. The molecule has 3 heterocycles. The molecule has 0 unspecified atom stereocenters. The molecule has 0 saturated heterocycles. The van der Waals surface area contributed by atoms with Crippen LogP contribution in [0.5, 0.6) is 0 Å². The van der Waals surface area contributed by atoms with Crippen LogP contribution >= 0.6 is 11.3 Å². The van der Waals surface area contributed by atoms with Crippen molar-refractivity contribution >= 4 is 33.3 Å². The summed E-state index contributed by atoms with van der Waals surface area (Å²) in [5, 5.41) is 50.7. The zero-order valence-electron chi connectivity index (χ0n) is 23.1. The lowest BCUT2D eigenvalue weighted by Crippen LogP contribution is -2.40. The van der Waals surface area contributed by atoms with Crippen molar-refractivity contribution in [3.05, 3.63) is 23.7 Å². The Morgan fingerprint density at radius 3 is 2.38 bits per heavy atom. The van der Waals surface area contributed by atoms with Gasteiger partial charge in [0.2, 0.25) is 5.95 Å². The summed E-state index contributed by atoms with van der Waals surface area (Å²) in [4.78, 5) is 18.8. The normalized spacial score (nSPS) is 25.5. The van der Waals surface area contributed by atoms with Crippen LogP contribution in [-0.4, -0.2) is 76.4 Å². The Morgan fingerprint density at radius 2 is 1.74 bits per heavy atom. The Morgan fingerprint density at radius 1 is 1.03 bits per heavy atom. The van der Waals surface area contributed by atoms with Crippen LogP contribution in [0.25, 0.3) is 20.8 Å². The number of hydrogen-bond donors (Lipinski definition) is 6. The zero-order chi connectivity index (χ0) is 27.9. The summed E-state index contributed by atoms with van der Waals surface area (Å²) in [7, 11) is 0. The number of hydrogen-bond acceptors (Lipinski definition) is 11. The molecule has 4 atom stereocenters. The third kappa shape index (κ3) is 5.88. The van der Waals surface area contributed by atoms with Crippen LogP contribution in [0.2, 0.25) is 0 Å². The lowest BCUT2D eigenvalue weighted by atomic mass is 9.88. The molecule has 0 aromatic carbocycles. The molecule has 3 aromatic heterocycles. The number of nitrogens with one attached hydrogen (secondary N) is 2. The van der Waals surface area contributed by atoms with E-state index in [0.29, 0.717) is 36.0 Å². The van der Waals surface area contributed by atoms with Crippen LogP contribution in [0.3, 0.4) is 0 Å². The number of aliphatic hydroxyl groups is 4. The number of aromatic nitrogens is 4. The van der Waals surface area contributed by atoms with Gasteiger partial charge in [0.15, 0.2) is 0 Å². The fourth-order valence-electron chi connectivity index (χ4n) is 5.96. The van der Waals surface area contributed by atoms with Crippen molar-refractivity contribution in [3.8, 4) is 10.6 Å². The van der Waals surface area contributed by atoms with Crippen molar-refractivity contribution in [2.75, 3.05) is 17.2 Å². The smallest absolute Gasteiger partial charge is 0.225 e. The van der Waals surface area contributed by atoms with E-state index in [-0.39, 0.29) is 0 Å². The molecule has 2 aliphatic carbocycles. The number of aliphatic hydroxyl groups excluding tert-OH is 2. The number of thiazole rings is 1. The summed E-state index contributed by atoms with van der Waals surface area (Å²) in [6.07, 6.45) is 5.72. The Bertz CT molecular complexity index is 1320. The van der Waals surface area contributed by atoms with Gasteiger partial charge in [0.05, 0.1) is 45.0 Å². The molecule has 0 aliphatic heterocycles. The van der Waals surface area contributed by atoms with Gasteiger partial charge in [0, 0.05) is 18.7 Å². The van der Waals surface area contributed by atoms with Gasteiger partial charge in [-0.1, -0.05) is 25.7 Å². The van der Waals surface area contributed by atoms with E-state index in [9.17, 15) is 20.4 Å². The average Bonchev–Trinajstić information content (AvgIpc) is 3.33. The van der Waals surface area contributed by atoms with Gasteiger partial charge in [0.1, 0.15) is 22.4 Å². The second-order valence-corrected chi connectivity index (χ2v) is 12.9. The van der Waals surface area contributed by atoms with Gasteiger partial charge < -0.3 is 31.1 Å². The predicted octanol–water partition coefficient (Wildman–Crippen LogP) is 3.56. The average molecular weight is 557 g/mol. The number of fused-ring (bicyclic) bond motifs is 1. The maximum absolute atomic E-state index is 11.2.